The highest BCUT2D eigenvalue weighted by atomic mass is 32.2. The van der Waals surface area contributed by atoms with Gasteiger partial charge in [0.15, 0.2) is 11.5 Å². The molecule has 0 radical (unpaired) electrons. The van der Waals surface area contributed by atoms with E-state index in [0.717, 1.165) is 11.1 Å². The first-order chi connectivity index (χ1) is 19.1. The van der Waals surface area contributed by atoms with E-state index in [-0.39, 0.29) is 34.8 Å². The molecule has 0 saturated heterocycles. The van der Waals surface area contributed by atoms with Gasteiger partial charge in [-0.05, 0) is 80.3 Å². The number of hydrogen-bond acceptors (Lipinski definition) is 7. The standard InChI is InChI=1S/C30H34N2O7S/c1-19-5-13-25(14-6-19)40(35,36)32-23-10-7-21(8-11-23)30(34)31-27-15-12-24(39-20(2)33)18-26(27)22-9-16-28(37-3)29(17-22)38-4/h5-11,13-14,16-17,24,26-27,32H,12,15,18H2,1-4H3,(H,31,34). The number of benzene rings is 3. The van der Waals surface area contributed by atoms with Crippen LogP contribution in [0.15, 0.2) is 71.6 Å². The molecule has 40 heavy (non-hydrogen) atoms. The number of amides is 1. The molecule has 3 aromatic rings. The van der Waals surface area contributed by atoms with Gasteiger partial charge in [-0.15, -0.1) is 0 Å². The minimum Gasteiger partial charge on any atom is -0.493 e. The molecule has 1 aliphatic rings. The highest BCUT2D eigenvalue weighted by molar-refractivity contribution is 7.92. The number of carbonyl (C=O) groups is 2. The molecule has 9 nitrogen and oxygen atoms in total. The van der Waals surface area contributed by atoms with E-state index in [1.54, 1.807) is 62.8 Å². The zero-order valence-electron chi connectivity index (χ0n) is 23.0. The Morgan fingerprint density at radius 3 is 2.17 bits per heavy atom. The summed E-state index contributed by atoms with van der Waals surface area (Å²) in [5, 5.41) is 3.13. The third kappa shape index (κ3) is 6.93. The van der Waals surface area contributed by atoms with Crippen LogP contribution in [0.2, 0.25) is 0 Å². The predicted octanol–water partition coefficient (Wildman–Crippen LogP) is 4.81. The molecule has 3 unspecified atom stereocenters. The fourth-order valence-electron chi connectivity index (χ4n) is 4.97. The number of hydrogen-bond donors (Lipinski definition) is 2. The summed E-state index contributed by atoms with van der Waals surface area (Å²) in [6.07, 6.45) is 1.51. The molecule has 0 aliphatic heterocycles. The van der Waals surface area contributed by atoms with E-state index < -0.39 is 10.0 Å². The third-order valence-electron chi connectivity index (χ3n) is 7.02. The van der Waals surface area contributed by atoms with Crippen LogP contribution in [0.4, 0.5) is 5.69 Å². The van der Waals surface area contributed by atoms with E-state index in [4.69, 9.17) is 14.2 Å². The Kier molecular flexibility index (Phi) is 8.99. The summed E-state index contributed by atoms with van der Waals surface area (Å²) in [5.74, 6) is 0.411. The predicted molar refractivity (Wildman–Crippen MR) is 151 cm³/mol. The molecule has 3 atom stereocenters. The summed E-state index contributed by atoms with van der Waals surface area (Å²) < 4.78 is 44.3. The van der Waals surface area contributed by atoms with Crippen molar-refractivity contribution in [2.45, 2.75) is 56.1 Å². The van der Waals surface area contributed by atoms with Gasteiger partial charge in [0.05, 0.1) is 19.1 Å². The van der Waals surface area contributed by atoms with Crippen LogP contribution in [0.25, 0.3) is 0 Å². The first-order valence-corrected chi connectivity index (χ1v) is 14.5. The van der Waals surface area contributed by atoms with Crippen LogP contribution < -0.4 is 19.5 Å². The molecule has 1 fully saturated rings. The topological polar surface area (TPSA) is 120 Å². The van der Waals surface area contributed by atoms with Crippen LogP contribution in [0.1, 0.15) is 53.6 Å². The molecule has 1 amide bonds. The Balaban J connectivity index is 1.50. The van der Waals surface area contributed by atoms with Crippen molar-refractivity contribution in [3.63, 3.8) is 0 Å². The van der Waals surface area contributed by atoms with E-state index in [0.29, 0.717) is 42.0 Å². The van der Waals surface area contributed by atoms with Crippen LogP contribution in [-0.4, -0.2) is 46.7 Å². The second-order valence-electron chi connectivity index (χ2n) is 9.84. The minimum absolute atomic E-state index is 0.137. The van der Waals surface area contributed by atoms with Gasteiger partial charge in [0, 0.05) is 30.1 Å². The Hall–Kier alpha value is -4.05. The Bertz CT molecular complexity index is 1450. The number of esters is 1. The fourth-order valence-corrected chi connectivity index (χ4v) is 6.03. The van der Waals surface area contributed by atoms with Gasteiger partial charge < -0.3 is 19.5 Å². The highest BCUT2D eigenvalue weighted by Crippen LogP contribution is 2.38. The number of rotatable bonds is 9. The summed E-state index contributed by atoms with van der Waals surface area (Å²) in [4.78, 5) is 25.0. The van der Waals surface area contributed by atoms with Gasteiger partial charge in [0.25, 0.3) is 15.9 Å². The molecule has 0 heterocycles. The highest BCUT2D eigenvalue weighted by Gasteiger charge is 2.34. The van der Waals surface area contributed by atoms with Crippen molar-refractivity contribution in [1.82, 2.24) is 5.32 Å². The maximum absolute atomic E-state index is 13.2. The maximum atomic E-state index is 13.2. The van der Waals surface area contributed by atoms with Crippen molar-refractivity contribution in [1.29, 1.82) is 0 Å². The van der Waals surface area contributed by atoms with Gasteiger partial charge in [-0.1, -0.05) is 23.8 Å². The number of nitrogens with one attached hydrogen (secondary N) is 2. The zero-order chi connectivity index (χ0) is 28.9. The van der Waals surface area contributed by atoms with E-state index in [9.17, 15) is 18.0 Å². The van der Waals surface area contributed by atoms with E-state index in [2.05, 4.69) is 10.0 Å². The molecule has 10 heteroatoms. The fraction of sp³-hybridized carbons (Fsp3) is 0.333. The molecule has 3 aromatic carbocycles. The van der Waals surface area contributed by atoms with Gasteiger partial charge in [-0.25, -0.2) is 8.42 Å². The first kappa shape index (κ1) is 28.9. The minimum atomic E-state index is -3.75. The van der Waals surface area contributed by atoms with Gasteiger partial charge in [-0.3, -0.25) is 14.3 Å². The Morgan fingerprint density at radius 2 is 1.55 bits per heavy atom. The lowest BCUT2D eigenvalue weighted by atomic mass is 9.78. The summed E-state index contributed by atoms with van der Waals surface area (Å²) in [6, 6.07) is 18.2. The molecule has 2 N–H and O–H groups in total. The first-order valence-electron chi connectivity index (χ1n) is 13.0. The Morgan fingerprint density at radius 1 is 0.875 bits per heavy atom. The number of anilines is 1. The second-order valence-corrected chi connectivity index (χ2v) is 11.5. The molecule has 4 rings (SSSR count). The van der Waals surface area contributed by atoms with Crippen LogP contribution in [-0.2, 0) is 19.6 Å². The van der Waals surface area contributed by atoms with Crippen molar-refractivity contribution in [2.75, 3.05) is 18.9 Å². The van der Waals surface area contributed by atoms with Crippen molar-refractivity contribution in [3.8, 4) is 11.5 Å². The molecular formula is C30H34N2O7S. The number of methoxy groups -OCH3 is 2. The second kappa shape index (κ2) is 12.4. The molecule has 1 saturated carbocycles. The van der Waals surface area contributed by atoms with Gasteiger partial charge >= 0.3 is 5.97 Å². The lowest BCUT2D eigenvalue weighted by Gasteiger charge is -2.36. The van der Waals surface area contributed by atoms with E-state index in [1.807, 2.05) is 25.1 Å². The number of sulfonamides is 1. The summed E-state index contributed by atoms with van der Waals surface area (Å²) in [7, 11) is -0.625. The molecule has 212 valence electrons. The van der Waals surface area contributed by atoms with Gasteiger partial charge in [0.1, 0.15) is 6.10 Å². The van der Waals surface area contributed by atoms with Crippen LogP contribution in [0.3, 0.4) is 0 Å². The van der Waals surface area contributed by atoms with Crippen LogP contribution >= 0.6 is 0 Å². The van der Waals surface area contributed by atoms with Crippen molar-refractivity contribution in [2.24, 2.45) is 0 Å². The molecular weight excluding hydrogens is 532 g/mol. The smallest absolute Gasteiger partial charge is 0.302 e. The van der Waals surface area contributed by atoms with Crippen molar-refractivity contribution >= 4 is 27.6 Å². The largest absolute Gasteiger partial charge is 0.493 e. The lowest BCUT2D eigenvalue weighted by molar-refractivity contribution is -0.148. The quantitative estimate of drug-likeness (QED) is 0.357. The van der Waals surface area contributed by atoms with Gasteiger partial charge in [0.2, 0.25) is 0 Å². The molecule has 1 aliphatic carbocycles. The van der Waals surface area contributed by atoms with Crippen molar-refractivity contribution < 1.29 is 32.2 Å². The molecule has 0 spiro atoms. The Labute approximate surface area is 234 Å². The zero-order valence-corrected chi connectivity index (χ0v) is 23.8. The van der Waals surface area contributed by atoms with Crippen LogP contribution in [0, 0.1) is 6.92 Å². The monoisotopic (exact) mass is 566 g/mol. The lowest BCUT2D eigenvalue weighted by Crippen LogP contribution is -2.44. The third-order valence-corrected chi connectivity index (χ3v) is 8.41. The normalized spacial score (nSPS) is 18.9. The summed E-state index contributed by atoms with van der Waals surface area (Å²) in [6.45, 7) is 3.28. The number of ether oxygens (including phenoxy) is 3. The van der Waals surface area contributed by atoms with Crippen molar-refractivity contribution in [3.05, 3.63) is 83.4 Å². The molecule has 0 aromatic heterocycles. The average Bonchev–Trinajstić information content (AvgIpc) is 2.93. The van der Waals surface area contributed by atoms with Crippen LogP contribution in [0.5, 0.6) is 11.5 Å². The van der Waals surface area contributed by atoms with E-state index in [1.165, 1.54) is 6.92 Å². The summed E-state index contributed by atoms with van der Waals surface area (Å²) in [5.41, 5.74) is 2.64. The number of aryl methyl sites for hydroxylation is 1. The summed E-state index contributed by atoms with van der Waals surface area (Å²) >= 11 is 0. The maximum Gasteiger partial charge on any atom is 0.302 e. The molecule has 0 bridgehead atoms. The van der Waals surface area contributed by atoms with Gasteiger partial charge in [-0.2, -0.15) is 0 Å². The average molecular weight is 567 g/mol. The number of carbonyl (C=O) groups excluding carboxylic acids is 2. The SMILES string of the molecule is COc1ccc(C2CC(OC(C)=O)CCC2NC(=O)c2ccc(NS(=O)(=O)c3ccc(C)cc3)cc2)cc1OC. The van der Waals surface area contributed by atoms with E-state index >= 15 is 0 Å².